The molecule has 1 aromatic rings. The first kappa shape index (κ1) is 13.8. The van der Waals surface area contributed by atoms with E-state index in [-0.39, 0.29) is 17.3 Å². The van der Waals surface area contributed by atoms with Crippen molar-refractivity contribution in [3.8, 4) is 0 Å². The number of carbonyl (C=O) groups is 1. The van der Waals surface area contributed by atoms with E-state index >= 15 is 0 Å². The molecule has 1 heterocycles. The fraction of sp³-hybridized carbons (Fsp3) is 0.333. The highest BCUT2D eigenvalue weighted by Crippen LogP contribution is 2.22. The summed E-state index contributed by atoms with van der Waals surface area (Å²) in [4.78, 5) is 13.8. The highest BCUT2D eigenvalue weighted by molar-refractivity contribution is 9.10. The fourth-order valence-electron chi connectivity index (χ4n) is 2.23. The van der Waals surface area contributed by atoms with E-state index in [1.54, 1.807) is 6.07 Å². The van der Waals surface area contributed by atoms with Crippen molar-refractivity contribution in [2.24, 2.45) is 10.9 Å². The highest BCUT2D eigenvalue weighted by Gasteiger charge is 2.32. The van der Waals surface area contributed by atoms with Crippen LogP contribution in [0.5, 0.6) is 0 Å². The summed E-state index contributed by atoms with van der Waals surface area (Å²) in [5.41, 5.74) is 5.81. The normalized spacial score (nSPS) is 19.8. The number of amides is 1. The van der Waals surface area contributed by atoms with Gasteiger partial charge in [-0.2, -0.15) is 0 Å². The number of amidine groups is 1. The van der Waals surface area contributed by atoms with E-state index in [9.17, 15) is 9.18 Å². The lowest BCUT2D eigenvalue weighted by Crippen LogP contribution is -2.43. The molecule has 7 heteroatoms. The Morgan fingerprint density at radius 2 is 2.26 bits per heavy atom. The van der Waals surface area contributed by atoms with Crippen molar-refractivity contribution in [2.45, 2.75) is 18.9 Å². The van der Waals surface area contributed by atoms with Crippen molar-refractivity contribution in [3.05, 3.63) is 34.1 Å². The molecule has 0 saturated carbocycles. The summed E-state index contributed by atoms with van der Waals surface area (Å²) >= 11 is 3.15. The summed E-state index contributed by atoms with van der Waals surface area (Å²) in [5.74, 6) is -0.812. The summed E-state index contributed by atoms with van der Waals surface area (Å²) in [6, 6.07) is 3.57. The Bertz CT molecular complexity index is 515. The Balaban J connectivity index is 2.28. The number of hydrogen-bond donors (Lipinski definition) is 2. The van der Waals surface area contributed by atoms with Gasteiger partial charge in [-0.1, -0.05) is 21.1 Å². The quantitative estimate of drug-likeness (QED) is 0.376. The molecule has 1 aromatic carbocycles. The SMILES string of the molecule is NC(=NO)C1CCCN1C(=O)c1cc(F)cc(Br)c1. The van der Waals surface area contributed by atoms with Gasteiger partial charge in [0, 0.05) is 16.6 Å². The van der Waals surface area contributed by atoms with E-state index in [0.717, 1.165) is 6.42 Å². The lowest BCUT2D eigenvalue weighted by atomic mass is 10.1. The minimum Gasteiger partial charge on any atom is -0.409 e. The van der Waals surface area contributed by atoms with E-state index in [1.165, 1.54) is 17.0 Å². The van der Waals surface area contributed by atoms with Crippen molar-refractivity contribution >= 4 is 27.7 Å². The molecule has 2 rings (SSSR count). The molecule has 1 aliphatic rings. The molecule has 102 valence electrons. The zero-order chi connectivity index (χ0) is 14.0. The average molecular weight is 330 g/mol. The molecule has 1 unspecified atom stereocenters. The lowest BCUT2D eigenvalue weighted by molar-refractivity contribution is 0.0767. The third-order valence-corrected chi connectivity index (χ3v) is 3.54. The standard InChI is InChI=1S/C12H13BrFN3O2/c13-8-4-7(5-9(14)6-8)12(18)17-3-1-2-10(17)11(15)16-19/h4-6,10,19H,1-3H2,(H2,15,16). The van der Waals surface area contributed by atoms with Crippen LogP contribution in [0.3, 0.4) is 0 Å². The summed E-state index contributed by atoms with van der Waals surface area (Å²) in [7, 11) is 0. The first-order valence-corrected chi connectivity index (χ1v) is 6.56. The molecule has 0 aliphatic carbocycles. The number of hydrogen-bond acceptors (Lipinski definition) is 3. The van der Waals surface area contributed by atoms with Crippen molar-refractivity contribution in [1.29, 1.82) is 0 Å². The fourth-order valence-corrected chi connectivity index (χ4v) is 2.69. The first-order chi connectivity index (χ1) is 9.02. The Morgan fingerprint density at radius 1 is 1.53 bits per heavy atom. The molecule has 1 saturated heterocycles. The van der Waals surface area contributed by atoms with Gasteiger partial charge in [0.15, 0.2) is 5.84 Å². The minimum absolute atomic E-state index is 0.00122. The highest BCUT2D eigenvalue weighted by atomic mass is 79.9. The maximum absolute atomic E-state index is 13.3. The number of benzene rings is 1. The summed E-state index contributed by atoms with van der Waals surface area (Å²) in [6.07, 6.45) is 1.40. The van der Waals surface area contributed by atoms with Gasteiger partial charge in [-0.25, -0.2) is 4.39 Å². The van der Waals surface area contributed by atoms with Crippen LogP contribution in [-0.4, -0.2) is 34.4 Å². The molecule has 0 aromatic heterocycles. The second-order valence-corrected chi connectivity index (χ2v) is 5.26. The van der Waals surface area contributed by atoms with E-state index in [4.69, 9.17) is 10.9 Å². The van der Waals surface area contributed by atoms with Gasteiger partial charge < -0.3 is 15.8 Å². The second-order valence-electron chi connectivity index (χ2n) is 4.34. The number of likely N-dealkylation sites (tertiary alicyclic amines) is 1. The Kier molecular flexibility index (Phi) is 4.04. The Hall–Kier alpha value is -1.63. The van der Waals surface area contributed by atoms with Gasteiger partial charge >= 0.3 is 0 Å². The molecular weight excluding hydrogens is 317 g/mol. The third kappa shape index (κ3) is 2.86. The molecule has 3 N–H and O–H groups in total. The maximum Gasteiger partial charge on any atom is 0.254 e. The largest absolute Gasteiger partial charge is 0.409 e. The van der Waals surface area contributed by atoms with Crippen LogP contribution in [0, 0.1) is 5.82 Å². The van der Waals surface area contributed by atoms with E-state index in [1.807, 2.05) is 0 Å². The van der Waals surface area contributed by atoms with E-state index in [0.29, 0.717) is 17.4 Å². The summed E-state index contributed by atoms with van der Waals surface area (Å²) in [6.45, 7) is 0.508. The van der Waals surface area contributed by atoms with Gasteiger partial charge in [-0.05, 0) is 31.0 Å². The van der Waals surface area contributed by atoms with Crippen LogP contribution in [0.1, 0.15) is 23.2 Å². The molecule has 19 heavy (non-hydrogen) atoms. The van der Waals surface area contributed by atoms with Crippen LogP contribution >= 0.6 is 15.9 Å². The predicted octanol–water partition coefficient (Wildman–Crippen LogP) is 1.94. The van der Waals surface area contributed by atoms with Gasteiger partial charge in [-0.15, -0.1) is 0 Å². The van der Waals surface area contributed by atoms with Gasteiger partial charge in [0.2, 0.25) is 0 Å². The summed E-state index contributed by atoms with van der Waals surface area (Å²) < 4.78 is 13.8. The average Bonchev–Trinajstić information content (AvgIpc) is 2.84. The van der Waals surface area contributed by atoms with Crippen molar-refractivity contribution < 1.29 is 14.4 Å². The smallest absolute Gasteiger partial charge is 0.254 e. The Labute approximate surface area is 118 Å². The van der Waals surface area contributed by atoms with Crippen LogP contribution in [0.2, 0.25) is 0 Å². The number of carbonyl (C=O) groups excluding carboxylic acids is 1. The monoisotopic (exact) mass is 329 g/mol. The molecule has 1 fully saturated rings. The zero-order valence-corrected chi connectivity index (χ0v) is 11.6. The topological polar surface area (TPSA) is 78.9 Å². The van der Waals surface area contributed by atoms with E-state index in [2.05, 4.69) is 21.1 Å². The number of halogens is 2. The van der Waals surface area contributed by atoms with Crippen LogP contribution in [0.4, 0.5) is 4.39 Å². The molecule has 1 amide bonds. The number of rotatable bonds is 2. The van der Waals surface area contributed by atoms with Crippen LogP contribution in [-0.2, 0) is 0 Å². The number of nitrogens with two attached hydrogens (primary N) is 1. The van der Waals surface area contributed by atoms with Crippen LogP contribution < -0.4 is 5.73 Å². The molecule has 0 spiro atoms. The van der Waals surface area contributed by atoms with Crippen LogP contribution in [0.15, 0.2) is 27.8 Å². The molecular formula is C12H13BrFN3O2. The molecule has 0 radical (unpaired) electrons. The van der Waals surface area contributed by atoms with Crippen LogP contribution in [0.25, 0.3) is 0 Å². The van der Waals surface area contributed by atoms with Crippen molar-refractivity contribution in [2.75, 3.05) is 6.54 Å². The van der Waals surface area contributed by atoms with Gasteiger partial charge in [0.05, 0.1) is 6.04 Å². The molecule has 0 bridgehead atoms. The van der Waals surface area contributed by atoms with E-state index < -0.39 is 11.9 Å². The first-order valence-electron chi connectivity index (χ1n) is 5.77. The van der Waals surface area contributed by atoms with Gasteiger partial charge in [0.1, 0.15) is 5.82 Å². The summed E-state index contributed by atoms with van der Waals surface area (Å²) in [5, 5.41) is 11.7. The third-order valence-electron chi connectivity index (χ3n) is 3.08. The molecule has 1 aliphatic heterocycles. The number of nitrogens with zero attached hydrogens (tertiary/aromatic N) is 2. The van der Waals surface area contributed by atoms with Gasteiger partial charge in [0.25, 0.3) is 5.91 Å². The predicted molar refractivity (Wildman–Crippen MR) is 71.6 cm³/mol. The number of oxime groups is 1. The lowest BCUT2D eigenvalue weighted by Gasteiger charge is -2.23. The van der Waals surface area contributed by atoms with Gasteiger partial charge in [-0.3, -0.25) is 4.79 Å². The second kappa shape index (κ2) is 5.56. The minimum atomic E-state index is -0.489. The van der Waals surface area contributed by atoms with Crippen molar-refractivity contribution in [1.82, 2.24) is 4.90 Å². The van der Waals surface area contributed by atoms with Crippen molar-refractivity contribution in [3.63, 3.8) is 0 Å². The zero-order valence-electron chi connectivity index (χ0n) is 10.0. The maximum atomic E-state index is 13.3. The molecule has 1 atom stereocenters. The Morgan fingerprint density at radius 3 is 2.89 bits per heavy atom. The molecule has 5 nitrogen and oxygen atoms in total.